The Morgan fingerprint density at radius 2 is 2.07 bits per heavy atom. The van der Waals surface area contributed by atoms with Crippen molar-refractivity contribution in [2.45, 2.75) is 25.2 Å². The normalized spacial score (nSPS) is 12.8. The molecule has 0 bridgehead atoms. The van der Waals surface area contributed by atoms with Gasteiger partial charge in [-0.15, -0.1) is 11.8 Å². The molecule has 0 radical (unpaired) electrons. The van der Waals surface area contributed by atoms with Crippen molar-refractivity contribution in [2.75, 3.05) is 11.1 Å². The Kier molecular flexibility index (Phi) is 5.64. The van der Waals surface area contributed by atoms with Gasteiger partial charge in [0, 0.05) is 16.0 Å². The highest BCUT2D eigenvalue weighted by Gasteiger charge is 2.05. The van der Waals surface area contributed by atoms with E-state index in [0.717, 1.165) is 11.2 Å². The molecule has 0 aliphatic heterocycles. The van der Waals surface area contributed by atoms with E-state index in [1.54, 1.807) is 0 Å². The largest absolute Gasteiger partial charge is 0.126 e. The van der Waals surface area contributed by atoms with Crippen LogP contribution in [0.15, 0.2) is 29.2 Å². The quantitative estimate of drug-likeness (QED) is 0.562. The van der Waals surface area contributed by atoms with E-state index < -0.39 is 0 Å². The van der Waals surface area contributed by atoms with Crippen molar-refractivity contribution in [2.24, 2.45) is 5.92 Å². The highest BCUT2D eigenvalue weighted by molar-refractivity contribution is 9.09. The Balaban J connectivity index is 2.49. The number of rotatable bonds is 5. The molecule has 0 amide bonds. The molecule has 1 unspecified atom stereocenters. The average molecular weight is 273 g/mol. The average Bonchev–Trinajstić information content (AvgIpc) is 2.22. The van der Waals surface area contributed by atoms with Crippen molar-refractivity contribution in [1.82, 2.24) is 0 Å². The van der Waals surface area contributed by atoms with Crippen LogP contribution in [0.2, 0.25) is 0 Å². The molecule has 1 aromatic carbocycles. The van der Waals surface area contributed by atoms with Gasteiger partial charge in [-0.05, 0) is 24.5 Å². The van der Waals surface area contributed by atoms with E-state index in [1.807, 2.05) is 11.8 Å². The lowest BCUT2D eigenvalue weighted by molar-refractivity contribution is 0.652. The summed E-state index contributed by atoms with van der Waals surface area (Å²) in [7, 11) is 0. The van der Waals surface area contributed by atoms with Crippen LogP contribution in [-0.4, -0.2) is 11.1 Å². The fraction of sp³-hybridized carbons (Fsp3) is 0.500. The van der Waals surface area contributed by atoms with Gasteiger partial charge in [0.2, 0.25) is 0 Å². The van der Waals surface area contributed by atoms with Gasteiger partial charge in [-0.2, -0.15) is 0 Å². The molecular weight excluding hydrogens is 256 g/mol. The van der Waals surface area contributed by atoms with E-state index in [0.29, 0.717) is 0 Å². The summed E-state index contributed by atoms with van der Waals surface area (Å²) in [5.41, 5.74) is 1.39. The standard InChI is InChI=1S/C12H17BrS/c1-3-11(8-13)9-14-12-7-5-4-6-10(12)2/h4-7,11H,3,8-9H2,1-2H3. The van der Waals surface area contributed by atoms with Gasteiger partial charge in [-0.25, -0.2) is 0 Å². The van der Waals surface area contributed by atoms with Crippen molar-refractivity contribution in [1.29, 1.82) is 0 Å². The summed E-state index contributed by atoms with van der Waals surface area (Å²) in [6.07, 6.45) is 1.25. The molecule has 1 rings (SSSR count). The smallest absolute Gasteiger partial charge is 0.0101 e. The molecule has 0 fully saturated rings. The molecule has 0 aliphatic carbocycles. The monoisotopic (exact) mass is 272 g/mol. The number of aryl methyl sites for hydroxylation is 1. The predicted molar refractivity (Wildman–Crippen MR) is 69.5 cm³/mol. The predicted octanol–water partition coefficient (Wildman–Crippen LogP) is 4.51. The van der Waals surface area contributed by atoms with Crippen molar-refractivity contribution < 1.29 is 0 Å². The summed E-state index contributed by atoms with van der Waals surface area (Å²) in [6, 6.07) is 8.60. The third kappa shape index (κ3) is 3.66. The molecule has 0 aliphatic rings. The van der Waals surface area contributed by atoms with E-state index in [9.17, 15) is 0 Å². The number of halogens is 1. The molecule has 0 heterocycles. The number of thioether (sulfide) groups is 1. The topological polar surface area (TPSA) is 0 Å². The number of hydrogen-bond acceptors (Lipinski definition) is 1. The first-order valence-corrected chi connectivity index (χ1v) is 7.13. The van der Waals surface area contributed by atoms with E-state index in [2.05, 4.69) is 54.0 Å². The van der Waals surface area contributed by atoms with Gasteiger partial charge in [0.15, 0.2) is 0 Å². The van der Waals surface area contributed by atoms with E-state index in [-0.39, 0.29) is 0 Å². The molecule has 1 aromatic rings. The van der Waals surface area contributed by atoms with Crippen LogP contribution in [0.1, 0.15) is 18.9 Å². The molecule has 1 atom stereocenters. The Morgan fingerprint density at radius 1 is 1.36 bits per heavy atom. The van der Waals surface area contributed by atoms with Crippen LogP contribution in [-0.2, 0) is 0 Å². The second-order valence-electron chi connectivity index (χ2n) is 3.51. The Bertz CT molecular complexity index is 269. The zero-order chi connectivity index (χ0) is 10.4. The van der Waals surface area contributed by atoms with E-state index >= 15 is 0 Å². The second-order valence-corrected chi connectivity index (χ2v) is 5.21. The van der Waals surface area contributed by atoms with Gasteiger partial charge in [0.05, 0.1) is 0 Å². The zero-order valence-corrected chi connectivity index (χ0v) is 11.2. The maximum Gasteiger partial charge on any atom is 0.0101 e. The van der Waals surface area contributed by atoms with E-state index in [1.165, 1.54) is 22.6 Å². The van der Waals surface area contributed by atoms with Crippen LogP contribution in [0.4, 0.5) is 0 Å². The second kappa shape index (κ2) is 6.52. The minimum atomic E-state index is 0.791. The highest BCUT2D eigenvalue weighted by atomic mass is 79.9. The van der Waals surface area contributed by atoms with Gasteiger partial charge in [-0.1, -0.05) is 47.5 Å². The minimum Gasteiger partial charge on any atom is -0.126 e. The van der Waals surface area contributed by atoms with Crippen molar-refractivity contribution in [3.8, 4) is 0 Å². The Hall–Kier alpha value is 0.0500. The first kappa shape index (κ1) is 12.1. The van der Waals surface area contributed by atoms with Crippen molar-refractivity contribution in [3.05, 3.63) is 29.8 Å². The molecule has 2 heteroatoms. The van der Waals surface area contributed by atoms with Gasteiger partial charge in [0.1, 0.15) is 0 Å². The van der Waals surface area contributed by atoms with Gasteiger partial charge in [0.25, 0.3) is 0 Å². The summed E-state index contributed by atoms with van der Waals surface area (Å²) in [4.78, 5) is 1.42. The molecular formula is C12H17BrS. The molecule has 14 heavy (non-hydrogen) atoms. The number of hydrogen-bond donors (Lipinski definition) is 0. The maximum absolute atomic E-state index is 3.55. The van der Waals surface area contributed by atoms with Crippen molar-refractivity contribution >= 4 is 27.7 Å². The van der Waals surface area contributed by atoms with Crippen LogP contribution in [0.25, 0.3) is 0 Å². The lowest BCUT2D eigenvalue weighted by atomic mass is 10.2. The summed E-state index contributed by atoms with van der Waals surface area (Å²) in [5.74, 6) is 2.01. The van der Waals surface area contributed by atoms with Crippen LogP contribution in [0, 0.1) is 12.8 Å². The lowest BCUT2D eigenvalue weighted by Crippen LogP contribution is -2.03. The van der Waals surface area contributed by atoms with Crippen LogP contribution < -0.4 is 0 Å². The SMILES string of the molecule is CCC(CBr)CSc1ccccc1C. The summed E-state index contributed by atoms with van der Waals surface area (Å²) in [6.45, 7) is 4.43. The zero-order valence-electron chi connectivity index (χ0n) is 8.79. The molecule has 0 spiro atoms. The van der Waals surface area contributed by atoms with Gasteiger partial charge >= 0.3 is 0 Å². The fourth-order valence-corrected chi connectivity index (χ4v) is 3.43. The first-order chi connectivity index (χ1) is 6.77. The highest BCUT2D eigenvalue weighted by Crippen LogP contribution is 2.25. The third-order valence-electron chi connectivity index (χ3n) is 2.36. The summed E-state index contributed by atoms with van der Waals surface area (Å²) >= 11 is 5.53. The summed E-state index contributed by atoms with van der Waals surface area (Å²) in [5, 5.41) is 1.11. The lowest BCUT2D eigenvalue weighted by Gasteiger charge is -2.11. The van der Waals surface area contributed by atoms with Crippen LogP contribution >= 0.6 is 27.7 Å². The molecule has 0 aromatic heterocycles. The molecule has 0 N–H and O–H groups in total. The van der Waals surface area contributed by atoms with Gasteiger partial charge < -0.3 is 0 Å². The van der Waals surface area contributed by atoms with Gasteiger partial charge in [-0.3, -0.25) is 0 Å². The Labute approximate surface area is 99.6 Å². The fourth-order valence-electron chi connectivity index (χ4n) is 1.20. The first-order valence-electron chi connectivity index (χ1n) is 5.02. The van der Waals surface area contributed by atoms with Crippen molar-refractivity contribution in [3.63, 3.8) is 0 Å². The molecule has 78 valence electrons. The van der Waals surface area contributed by atoms with Crippen LogP contribution in [0.5, 0.6) is 0 Å². The Morgan fingerprint density at radius 3 is 2.64 bits per heavy atom. The maximum atomic E-state index is 3.55. The number of benzene rings is 1. The molecule has 0 saturated carbocycles. The minimum absolute atomic E-state index is 0.791. The third-order valence-corrected chi connectivity index (χ3v) is 4.69. The van der Waals surface area contributed by atoms with Crippen LogP contribution in [0.3, 0.4) is 0 Å². The van der Waals surface area contributed by atoms with E-state index in [4.69, 9.17) is 0 Å². The molecule has 0 nitrogen and oxygen atoms in total. The summed E-state index contributed by atoms with van der Waals surface area (Å²) < 4.78 is 0. The number of alkyl halides is 1. The molecule has 0 saturated heterocycles.